The van der Waals surface area contributed by atoms with Gasteiger partial charge in [-0.25, -0.2) is 0 Å². The fourth-order valence-corrected chi connectivity index (χ4v) is 2.38. The predicted octanol–water partition coefficient (Wildman–Crippen LogP) is 2.12. The summed E-state index contributed by atoms with van der Waals surface area (Å²) in [5.41, 5.74) is 0. The Morgan fingerprint density at radius 1 is 1.47 bits per heavy atom. The highest BCUT2D eigenvalue weighted by Crippen LogP contribution is 2.28. The maximum Gasteiger partial charge on any atom is 0.307 e. The van der Waals surface area contributed by atoms with Crippen LogP contribution in [0.1, 0.15) is 40.0 Å². The fourth-order valence-electron chi connectivity index (χ4n) is 2.38. The zero-order valence-corrected chi connectivity index (χ0v) is 9.99. The lowest BCUT2D eigenvalue weighted by Gasteiger charge is -2.33. The quantitative estimate of drug-likeness (QED) is 0.752. The molecule has 4 unspecified atom stereocenters. The standard InChI is InChI=1S/C12H23NO2/c1-8-4-5-11(9(2)6-8)13-7-10(3)12(14)15/h8-11,13H,4-7H2,1-3H3,(H,14,15). The van der Waals surface area contributed by atoms with E-state index in [0.29, 0.717) is 18.5 Å². The molecule has 15 heavy (non-hydrogen) atoms. The van der Waals surface area contributed by atoms with Crippen molar-refractivity contribution in [3.05, 3.63) is 0 Å². The lowest BCUT2D eigenvalue weighted by molar-refractivity contribution is -0.141. The van der Waals surface area contributed by atoms with Crippen molar-refractivity contribution in [2.45, 2.75) is 46.1 Å². The molecule has 0 saturated heterocycles. The highest BCUT2D eigenvalue weighted by atomic mass is 16.4. The van der Waals surface area contributed by atoms with Crippen LogP contribution in [0.4, 0.5) is 0 Å². The summed E-state index contributed by atoms with van der Waals surface area (Å²) in [5, 5.41) is 12.2. The van der Waals surface area contributed by atoms with Gasteiger partial charge in [0, 0.05) is 12.6 Å². The lowest BCUT2D eigenvalue weighted by Crippen LogP contribution is -2.42. The smallest absolute Gasteiger partial charge is 0.307 e. The Bertz CT molecular complexity index is 218. The number of hydrogen-bond donors (Lipinski definition) is 2. The topological polar surface area (TPSA) is 49.3 Å². The molecule has 0 aromatic heterocycles. The van der Waals surface area contributed by atoms with Gasteiger partial charge in [0.15, 0.2) is 0 Å². The maximum atomic E-state index is 10.7. The number of hydrogen-bond acceptors (Lipinski definition) is 2. The minimum Gasteiger partial charge on any atom is -0.481 e. The van der Waals surface area contributed by atoms with E-state index in [1.54, 1.807) is 6.92 Å². The fraction of sp³-hybridized carbons (Fsp3) is 0.917. The third-order valence-corrected chi connectivity index (χ3v) is 3.54. The van der Waals surface area contributed by atoms with Crippen LogP contribution in [-0.4, -0.2) is 23.7 Å². The average Bonchev–Trinajstić information content (AvgIpc) is 2.15. The van der Waals surface area contributed by atoms with E-state index >= 15 is 0 Å². The molecular formula is C12H23NO2. The molecule has 4 atom stereocenters. The van der Waals surface area contributed by atoms with Crippen molar-refractivity contribution in [2.75, 3.05) is 6.54 Å². The van der Waals surface area contributed by atoms with Crippen LogP contribution in [0.15, 0.2) is 0 Å². The van der Waals surface area contributed by atoms with Crippen molar-refractivity contribution in [1.82, 2.24) is 5.32 Å². The Morgan fingerprint density at radius 2 is 2.13 bits per heavy atom. The second-order valence-corrected chi connectivity index (χ2v) is 5.15. The van der Waals surface area contributed by atoms with Gasteiger partial charge in [-0.05, 0) is 31.1 Å². The summed E-state index contributed by atoms with van der Waals surface area (Å²) >= 11 is 0. The first-order valence-corrected chi connectivity index (χ1v) is 5.97. The molecular weight excluding hydrogens is 190 g/mol. The van der Waals surface area contributed by atoms with Gasteiger partial charge in [-0.15, -0.1) is 0 Å². The molecule has 1 rings (SSSR count). The van der Waals surface area contributed by atoms with Crippen molar-refractivity contribution >= 4 is 5.97 Å². The number of carboxylic acids is 1. The van der Waals surface area contributed by atoms with Crippen LogP contribution >= 0.6 is 0 Å². The Morgan fingerprint density at radius 3 is 2.67 bits per heavy atom. The minimum absolute atomic E-state index is 0.281. The molecule has 0 radical (unpaired) electrons. The summed E-state index contributed by atoms with van der Waals surface area (Å²) in [6.45, 7) is 6.91. The SMILES string of the molecule is CC1CCC(NCC(C)C(=O)O)C(C)C1. The number of rotatable bonds is 4. The Kier molecular flexibility index (Phi) is 4.58. The molecule has 88 valence electrons. The summed E-state index contributed by atoms with van der Waals surface area (Å²) in [7, 11) is 0. The first-order chi connectivity index (χ1) is 7.00. The van der Waals surface area contributed by atoms with Gasteiger partial charge in [0.1, 0.15) is 0 Å². The molecule has 1 aliphatic rings. The van der Waals surface area contributed by atoms with Crippen LogP contribution in [0.3, 0.4) is 0 Å². The second-order valence-electron chi connectivity index (χ2n) is 5.15. The Hall–Kier alpha value is -0.570. The molecule has 1 saturated carbocycles. The van der Waals surface area contributed by atoms with E-state index in [0.717, 1.165) is 5.92 Å². The molecule has 1 aliphatic carbocycles. The minimum atomic E-state index is -0.709. The third kappa shape index (κ3) is 3.82. The molecule has 0 aromatic rings. The molecule has 0 aromatic carbocycles. The molecule has 0 heterocycles. The van der Waals surface area contributed by atoms with Crippen molar-refractivity contribution in [1.29, 1.82) is 0 Å². The van der Waals surface area contributed by atoms with Crippen molar-refractivity contribution < 1.29 is 9.90 Å². The highest BCUT2D eigenvalue weighted by Gasteiger charge is 2.25. The number of carboxylic acid groups (broad SMARTS) is 1. The van der Waals surface area contributed by atoms with Crippen LogP contribution < -0.4 is 5.32 Å². The zero-order valence-electron chi connectivity index (χ0n) is 9.99. The first-order valence-electron chi connectivity index (χ1n) is 5.97. The van der Waals surface area contributed by atoms with E-state index in [1.165, 1.54) is 19.3 Å². The molecule has 1 fully saturated rings. The van der Waals surface area contributed by atoms with E-state index in [-0.39, 0.29) is 5.92 Å². The molecule has 0 bridgehead atoms. The normalized spacial score (nSPS) is 33.7. The molecule has 0 aliphatic heterocycles. The molecule has 0 spiro atoms. The van der Waals surface area contributed by atoms with Crippen molar-refractivity contribution in [2.24, 2.45) is 17.8 Å². The van der Waals surface area contributed by atoms with Gasteiger partial charge in [0.2, 0.25) is 0 Å². The van der Waals surface area contributed by atoms with Crippen LogP contribution in [0, 0.1) is 17.8 Å². The van der Waals surface area contributed by atoms with E-state index in [1.807, 2.05) is 0 Å². The van der Waals surface area contributed by atoms with Crippen LogP contribution in [0.25, 0.3) is 0 Å². The molecule has 2 N–H and O–H groups in total. The largest absolute Gasteiger partial charge is 0.481 e. The predicted molar refractivity (Wildman–Crippen MR) is 60.8 cm³/mol. The van der Waals surface area contributed by atoms with Crippen LogP contribution in [0.5, 0.6) is 0 Å². The third-order valence-electron chi connectivity index (χ3n) is 3.54. The van der Waals surface area contributed by atoms with Crippen LogP contribution in [0.2, 0.25) is 0 Å². The van der Waals surface area contributed by atoms with Gasteiger partial charge >= 0.3 is 5.97 Å². The van der Waals surface area contributed by atoms with Gasteiger partial charge < -0.3 is 10.4 Å². The summed E-state index contributed by atoms with van der Waals surface area (Å²) in [6, 6.07) is 0.517. The lowest BCUT2D eigenvalue weighted by atomic mass is 9.80. The van der Waals surface area contributed by atoms with Crippen molar-refractivity contribution in [3.63, 3.8) is 0 Å². The zero-order chi connectivity index (χ0) is 11.4. The first kappa shape index (κ1) is 12.5. The summed E-state index contributed by atoms with van der Waals surface area (Å²) in [6.07, 6.45) is 3.72. The molecule has 3 nitrogen and oxygen atoms in total. The van der Waals surface area contributed by atoms with Gasteiger partial charge in [0.05, 0.1) is 5.92 Å². The summed E-state index contributed by atoms with van der Waals surface area (Å²) < 4.78 is 0. The van der Waals surface area contributed by atoms with E-state index in [9.17, 15) is 4.79 Å². The van der Waals surface area contributed by atoms with Crippen LogP contribution in [-0.2, 0) is 4.79 Å². The summed E-state index contributed by atoms with van der Waals surface area (Å²) in [5.74, 6) is 0.514. The van der Waals surface area contributed by atoms with E-state index < -0.39 is 5.97 Å². The van der Waals surface area contributed by atoms with E-state index in [4.69, 9.17) is 5.11 Å². The highest BCUT2D eigenvalue weighted by molar-refractivity contribution is 5.69. The summed E-state index contributed by atoms with van der Waals surface area (Å²) in [4.78, 5) is 10.7. The molecule has 0 amide bonds. The van der Waals surface area contributed by atoms with Gasteiger partial charge in [-0.2, -0.15) is 0 Å². The monoisotopic (exact) mass is 213 g/mol. The maximum absolute atomic E-state index is 10.7. The number of aliphatic carboxylic acids is 1. The van der Waals surface area contributed by atoms with Gasteiger partial charge in [-0.3, -0.25) is 4.79 Å². The Labute approximate surface area is 92.3 Å². The van der Waals surface area contributed by atoms with E-state index in [2.05, 4.69) is 19.2 Å². The van der Waals surface area contributed by atoms with Gasteiger partial charge in [0.25, 0.3) is 0 Å². The second kappa shape index (κ2) is 5.50. The Balaban J connectivity index is 2.29. The number of nitrogens with one attached hydrogen (secondary N) is 1. The average molecular weight is 213 g/mol. The van der Waals surface area contributed by atoms with Gasteiger partial charge in [-0.1, -0.05) is 20.8 Å². The molecule has 3 heteroatoms. The number of carbonyl (C=O) groups is 1. The van der Waals surface area contributed by atoms with Crippen molar-refractivity contribution in [3.8, 4) is 0 Å².